The van der Waals surface area contributed by atoms with E-state index >= 15 is 0 Å². The first kappa shape index (κ1) is 11.3. The number of hydrogen-bond acceptors (Lipinski definition) is 2. The summed E-state index contributed by atoms with van der Waals surface area (Å²) in [6.45, 7) is 7.31. The van der Waals surface area contributed by atoms with E-state index in [4.69, 9.17) is 5.11 Å². The van der Waals surface area contributed by atoms with Crippen LogP contribution >= 0.6 is 0 Å². The molecule has 0 aliphatic heterocycles. The van der Waals surface area contributed by atoms with Gasteiger partial charge in [-0.05, 0) is 37.1 Å². The van der Waals surface area contributed by atoms with Gasteiger partial charge in [-0.1, -0.05) is 18.7 Å². The van der Waals surface area contributed by atoms with Gasteiger partial charge in [-0.2, -0.15) is 0 Å². The first-order valence-corrected chi connectivity index (χ1v) is 4.72. The quantitative estimate of drug-likeness (QED) is 0.742. The highest BCUT2D eigenvalue weighted by atomic mass is 16.4. The van der Waals surface area contributed by atoms with Crippen molar-refractivity contribution < 1.29 is 9.90 Å². The normalized spacial score (nSPS) is 11.9. The maximum Gasteiger partial charge on any atom is 0.330 e. The predicted molar refractivity (Wildman–Crippen MR) is 61.0 cm³/mol. The molecule has 0 spiro atoms. The smallest absolute Gasteiger partial charge is 0.330 e. The van der Waals surface area contributed by atoms with E-state index in [-0.39, 0.29) is 0 Å². The van der Waals surface area contributed by atoms with Crippen molar-refractivity contribution >= 4 is 11.7 Å². The molecule has 1 atom stereocenters. The number of carboxylic acids is 1. The highest BCUT2D eigenvalue weighted by molar-refractivity contribution is 5.81. The Labute approximate surface area is 89.4 Å². The largest absolute Gasteiger partial charge is 0.479 e. The Kier molecular flexibility index (Phi) is 3.50. The molecule has 0 saturated heterocycles. The van der Waals surface area contributed by atoms with Crippen LogP contribution in [0.4, 0.5) is 5.69 Å². The molecule has 0 aromatic heterocycles. The van der Waals surface area contributed by atoms with E-state index in [1.807, 2.05) is 31.2 Å². The minimum Gasteiger partial charge on any atom is -0.479 e. The summed E-state index contributed by atoms with van der Waals surface area (Å²) in [7, 11) is 0. The first-order valence-electron chi connectivity index (χ1n) is 4.72. The van der Waals surface area contributed by atoms with Gasteiger partial charge in [0.25, 0.3) is 0 Å². The summed E-state index contributed by atoms with van der Waals surface area (Å²) in [6.07, 6.45) is 0. The zero-order valence-electron chi connectivity index (χ0n) is 8.95. The van der Waals surface area contributed by atoms with Crippen molar-refractivity contribution in [3.63, 3.8) is 0 Å². The minimum atomic E-state index is -0.913. The SMILES string of the molecule is C=C(C)C(Nc1cccc(C)c1)C(=O)O. The van der Waals surface area contributed by atoms with E-state index < -0.39 is 12.0 Å². The topological polar surface area (TPSA) is 49.3 Å². The Morgan fingerprint density at radius 2 is 2.20 bits per heavy atom. The maximum absolute atomic E-state index is 10.9. The van der Waals surface area contributed by atoms with Crippen LogP contribution in [0.15, 0.2) is 36.4 Å². The molecule has 0 amide bonds. The molecule has 0 saturated carbocycles. The van der Waals surface area contributed by atoms with Gasteiger partial charge in [0.15, 0.2) is 0 Å². The van der Waals surface area contributed by atoms with E-state index in [1.54, 1.807) is 6.92 Å². The van der Waals surface area contributed by atoms with Crippen LogP contribution in [0.1, 0.15) is 12.5 Å². The fourth-order valence-electron chi connectivity index (χ4n) is 1.30. The monoisotopic (exact) mass is 205 g/mol. The summed E-state index contributed by atoms with van der Waals surface area (Å²) >= 11 is 0. The van der Waals surface area contributed by atoms with Gasteiger partial charge in [0.1, 0.15) is 6.04 Å². The summed E-state index contributed by atoms with van der Waals surface area (Å²) in [5.41, 5.74) is 2.47. The molecular weight excluding hydrogens is 190 g/mol. The van der Waals surface area contributed by atoms with Crippen molar-refractivity contribution in [1.82, 2.24) is 0 Å². The van der Waals surface area contributed by atoms with E-state index in [9.17, 15) is 4.79 Å². The van der Waals surface area contributed by atoms with Crippen LogP contribution in [0.25, 0.3) is 0 Å². The van der Waals surface area contributed by atoms with Crippen molar-refractivity contribution in [3.05, 3.63) is 42.0 Å². The zero-order valence-corrected chi connectivity index (χ0v) is 8.95. The van der Waals surface area contributed by atoms with Crippen molar-refractivity contribution in [2.45, 2.75) is 19.9 Å². The van der Waals surface area contributed by atoms with Gasteiger partial charge in [0.2, 0.25) is 0 Å². The second-order valence-corrected chi connectivity index (χ2v) is 3.63. The Morgan fingerprint density at radius 3 is 2.67 bits per heavy atom. The molecule has 0 heterocycles. The third-order valence-corrected chi connectivity index (χ3v) is 2.07. The third-order valence-electron chi connectivity index (χ3n) is 2.07. The van der Waals surface area contributed by atoms with E-state index in [1.165, 1.54) is 0 Å². The molecule has 2 N–H and O–H groups in total. The Bertz CT molecular complexity index is 371. The van der Waals surface area contributed by atoms with Gasteiger partial charge in [0, 0.05) is 5.69 Å². The summed E-state index contributed by atoms with van der Waals surface area (Å²) in [6, 6.07) is 6.85. The van der Waals surface area contributed by atoms with Gasteiger partial charge in [-0.25, -0.2) is 4.79 Å². The number of anilines is 1. The van der Waals surface area contributed by atoms with Crippen LogP contribution in [0.3, 0.4) is 0 Å². The Hall–Kier alpha value is -1.77. The summed E-state index contributed by atoms with van der Waals surface area (Å²) in [5, 5.41) is 11.9. The number of benzene rings is 1. The maximum atomic E-state index is 10.9. The van der Waals surface area contributed by atoms with Crippen molar-refractivity contribution in [1.29, 1.82) is 0 Å². The van der Waals surface area contributed by atoms with Crippen molar-refractivity contribution in [2.75, 3.05) is 5.32 Å². The zero-order chi connectivity index (χ0) is 11.4. The fraction of sp³-hybridized carbons (Fsp3) is 0.250. The number of hydrogen-bond donors (Lipinski definition) is 2. The Balaban J connectivity index is 2.83. The van der Waals surface area contributed by atoms with Crippen LogP contribution in [0.2, 0.25) is 0 Å². The van der Waals surface area contributed by atoms with Gasteiger partial charge in [0.05, 0.1) is 0 Å². The second kappa shape index (κ2) is 4.64. The summed E-state index contributed by atoms with van der Waals surface area (Å²) in [4.78, 5) is 10.9. The number of nitrogens with one attached hydrogen (secondary N) is 1. The van der Waals surface area contributed by atoms with Crippen LogP contribution in [-0.4, -0.2) is 17.1 Å². The van der Waals surface area contributed by atoms with Crippen molar-refractivity contribution in [2.24, 2.45) is 0 Å². The average molecular weight is 205 g/mol. The summed E-state index contributed by atoms with van der Waals surface area (Å²) in [5.74, 6) is -0.913. The lowest BCUT2D eigenvalue weighted by Gasteiger charge is -2.15. The van der Waals surface area contributed by atoms with Crippen molar-refractivity contribution in [3.8, 4) is 0 Å². The highest BCUT2D eigenvalue weighted by Crippen LogP contribution is 2.13. The molecule has 0 aliphatic carbocycles. The lowest BCUT2D eigenvalue weighted by atomic mass is 10.1. The molecule has 1 rings (SSSR count). The minimum absolute atomic E-state index is 0.587. The third kappa shape index (κ3) is 3.13. The lowest BCUT2D eigenvalue weighted by molar-refractivity contribution is -0.137. The predicted octanol–water partition coefficient (Wildman–Crippen LogP) is 2.44. The molecule has 1 aromatic rings. The Morgan fingerprint density at radius 1 is 1.53 bits per heavy atom. The second-order valence-electron chi connectivity index (χ2n) is 3.63. The van der Waals surface area contributed by atoms with Gasteiger partial charge in [-0.3, -0.25) is 0 Å². The number of aryl methyl sites for hydroxylation is 1. The number of carbonyl (C=O) groups is 1. The van der Waals surface area contributed by atoms with Gasteiger partial charge in [-0.15, -0.1) is 0 Å². The molecule has 3 heteroatoms. The highest BCUT2D eigenvalue weighted by Gasteiger charge is 2.17. The van der Waals surface area contributed by atoms with Crippen LogP contribution in [0, 0.1) is 6.92 Å². The average Bonchev–Trinajstić information content (AvgIpc) is 2.13. The fourth-order valence-corrected chi connectivity index (χ4v) is 1.30. The molecule has 1 unspecified atom stereocenters. The van der Waals surface area contributed by atoms with Crippen LogP contribution in [0.5, 0.6) is 0 Å². The number of carboxylic acid groups (broad SMARTS) is 1. The first-order chi connectivity index (χ1) is 7.00. The standard InChI is InChI=1S/C12H15NO2/c1-8(2)11(12(14)15)13-10-6-4-5-9(3)7-10/h4-7,11,13H,1H2,2-3H3,(H,14,15). The molecule has 3 nitrogen and oxygen atoms in total. The van der Waals surface area contributed by atoms with E-state index in [0.29, 0.717) is 5.57 Å². The molecule has 1 aromatic carbocycles. The number of rotatable bonds is 4. The van der Waals surface area contributed by atoms with Gasteiger partial charge < -0.3 is 10.4 Å². The molecular formula is C12H15NO2. The summed E-state index contributed by atoms with van der Waals surface area (Å²) < 4.78 is 0. The number of aliphatic carboxylic acids is 1. The molecule has 0 bridgehead atoms. The molecule has 15 heavy (non-hydrogen) atoms. The lowest BCUT2D eigenvalue weighted by Crippen LogP contribution is -2.29. The van der Waals surface area contributed by atoms with Gasteiger partial charge >= 0.3 is 5.97 Å². The van der Waals surface area contributed by atoms with Crippen LogP contribution < -0.4 is 5.32 Å². The molecule has 0 radical (unpaired) electrons. The van der Waals surface area contributed by atoms with E-state index in [2.05, 4.69) is 11.9 Å². The molecule has 0 aliphatic rings. The molecule has 80 valence electrons. The molecule has 0 fully saturated rings. The van der Waals surface area contributed by atoms with E-state index in [0.717, 1.165) is 11.3 Å². The van der Waals surface area contributed by atoms with Crippen LogP contribution in [-0.2, 0) is 4.79 Å².